The first kappa shape index (κ1) is 15.3. The van der Waals surface area contributed by atoms with Crippen molar-refractivity contribution in [3.05, 3.63) is 16.0 Å². The molecule has 1 heterocycles. The van der Waals surface area contributed by atoms with E-state index in [1.165, 1.54) is 16.2 Å². The molecule has 1 aromatic rings. The summed E-state index contributed by atoms with van der Waals surface area (Å²) in [6, 6.07) is 2.18. The first-order valence-corrected chi connectivity index (χ1v) is 9.48. The third kappa shape index (κ3) is 3.33. The summed E-state index contributed by atoms with van der Waals surface area (Å²) < 4.78 is 26.6. The molecule has 1 N–H and O–H groups in total. The highest BCUT2D eigenvalue weighted by Gasteiger charge is 2.25. The van der Waals surface area contributed by atoms with E-state index >= 15 is 0 Å². The van der Waals surface area contributed by atoms with E-state index in [0.29, 0.717) is 22.9 Å². The Balaban J connectivity index is 2.27. The van der Waals surface area contributed by atoms with Gasteiger partial charge in [0.2, 0.25) is 10.0 Å². The fourth-order valence-electron chi connectivity index (χ4n) is 2.47. The number of nitrogens with one attached hydrogen (secondary N) is 1. The van der Waals surface area contributed by atoms with Gasteiger partial charge in [-0.15, -0.1) is 11.3 Å². The lowest BCUT2D eigenvalue weighted by molar-refractivity contribution is 0.507. The van der Waals surface area contributed by atoms with Crippen molar-refractivity contribution in [2.24, 2.45) is 5.92 Å². The molecule has 6 heteroatoms. The van der Waals surface area contributed by atoms with Crippen LogP contribution in [0.25, 0.3) is 0 Å². The highest BCUT2D eigenvalue weighted by atomic mass is 32.2. The van der Waals surface area contributed by atoms with Gasteiger partial charge in [0.05, 0.1) is 11.3 Å². The highest BCUT2D eigenvalue weighted by molar-refractivity contribution is 7.92. The average Bonchev–Trinajstić information content (AvgIpc) is 2.71. The summed E-state index contributed by atoms with van der Waals surface area (Å²) in [6.45, 7) is 4.15. The van der Waals surface area contributed by atoms with Crippen molar-refractivity contribution >= 4 is 26.4 Å². The van der Waals surface area contributed by atoms with Crippen LogP contribution in [0.2, 0.25) is 0 Å². The number of hydrogen-bond acceptors (Lipinski definition) is 4. The lowest BCUT2D eigenvalue weighted by Crippen LogP contribution is -2.16. The van der Waals surface area contributed by atoms with Crippen molar-refractivity contribution in [3.8, 4) is 6.07 Å². The fraction of sp³-hybridized carbons (Fsp3) is 0.643. The van der Waals surface area contributed by atoms with Crippen molar-refractivity contribution in [1.82, 2.24) is 0 Å². The van der Waals surface area contributed by atoms with E-state index in [-0.39, 0.29) is 5.75 Å². The summed E-state index contributed by atoms with van der Waals surface area (Å²) in [7, 11) is -3.33. The first-order valence-electron chi connectivity index (χ1n) is 7.02. The number of nitriles is 1. The normalized spacial score (nSPS) is 18.4. The number of hydrogen-bond donors (Lipinski definition) is 1. The third-order valence-electron chi connectivity index (χ3n) is 3.64. The van der Waals surface area contributed by atoms with Crippen LogP contribution in [0, 0.1) is 17.2 Å². The molecule has 4 nitrogen and oxygen atoms in total. The molecule has 0 fully saturated rings. The maximum atomic E-state index is 12.0. The highest BCUT2D eigenvalue weighted by Crippen LogP contribution is 2.39. The Morgan fingerprint density at radius 3 is 2.90 bits per heavy atom. The molecule has 110 valence electrons. The number of thiophene rings is 1. The number of sulfonamides is 1. The molecule has 1 aliphatic rings. The van der Waals surface area contributed by atoms with Gasteiger partial charge in [0.25, 0.3) is 0 Å². The molecule has 0 amide bonds. The summed E-state index contributed by atoms with van der Waals surface area (Å²) in [4.78, 5) is 1.17. The van der Waals surface area contributed by atoms with Crippen LogP contribution >= 0.6 is 11.3 Å². The Morgan fingerprint density at radius 1 is 1.50 bits per heavy atom. The van der Waals surface area contributed by atoms with Crippen LogP contribution in [-0.4, -0.2) is 14.2 Å². The predicted molar refractivity (Wildman–Crippen MR) is 82.5 cm³/mol. The summed E-state index contributed by atoms with van der Waals surface area (Å²) >= 11 is 1.44. The second-order valence-corrected chi connectivity index (χ2v) is 8.39. The summed E-state index contributed by atoms with van der Waals surface area (Å²) in [5.74, 6) is 0.727. The summed E-state index contributed by atoms with van der Waals surface area (Å²) in [5.41, 5.74) is 1.60. The molecular weight excluding hydrogens is 292 g/mol. The Kier molecular flexibility index (Phi) is 4.71. The molecule has 1 atom stereocenters. The van der Waals surface area contributed by atoms with Gasteiger partial charge in [0.15, 0.2) is 0 Å². The topological polar surface area (TPSA) is 70.0 Å². The van der Waals surface area contributed by atoms with Crippen LogP contribution in [0.4, 0.5) is 5.00 Å². The maximum Gasteiger partial charge on any atom is 0.233 e. The van der Waals surface area contributed by atoms with Gasteiger partial charge in [-0.2, -0.15) is 5.26 Å². The van der Waals surface area contributed by atoms with Crippen LogP contribution in [0.1, 0.15) is 49.1 Å². The number of rotatable bonds is 5. The number of fused-ring (bicyclic) bond motifs is 1. The van der Waals surface area contributed by atoms with Gasteiger partial charge in [0.1, 0.15) is 11.1 Å². The molecular formula is C14H20N2O2S2. The Bertz CT molecular complexity index is 626. The zero-order valence-electron chi connectivity index (χ0n) is 11.9. The smallest absolute Gasteiger partial charge is 0.233 e. The molecule has 2 rings (SSSR count). The van der Waals surface area contributed by atoms with E-state index < -0.39 is 10.0 Å². The van der Waals surface area contributed by atoms with E-state index in [9.17, 15) is 13.7 Å². The standard InChI is InChI=1S/C14H20N2O2S2/c1-3-4-7-20(17,18)16-14-12(9-15)11-6-5-10(2)8-13(11)19-14/h10,16H,3-8H2,1-2H3. The maximum absolute atomic E-state index is 12.0. The Hall–Kier alpha value is -1.06. The molecule has 0 bridgehead atoms. The Morgan fingerprint density at radius 2 is 2.25 bits per heavy atom. The van der Waals surface area contributed by atoms with Gasteiger partial charge in [-0.3, -0.25) is 4.72 Å². The molecule has 1 unspecified atom stereocenters. The van der Waals surface area contributed by atoms with Crippen LogP contribution < -0.4 is 4.72 Å². The lowest BCUT2D eigenvalue weighted by Gasteiger charge is -2.17. The zero-order valence-corrected chi connectivity index (χ0v) is 13.5. The van der Waals surface area contributed by atoms with E-state index in [0.717, 1.165) is 31.2 Å². The minimum Gasteiger partial charge on any atom is -0.273 e. The quantitative estimate of drug-likeness (QED) is 0.907. The lowest BCUT2D eigenvalue weighted by atomic mass is 9.89. The van der Waals surface area contributed by atoms with Crippen LogP contribution in [0.15, 0.2) is 0 Å². The number of anilines is 1. The average molecular weight is 312 g/mol. The van der Waals surface area contributed by atoms with E-state index in [4.69, 9.17) is 0 Å². The van der Waals surface area contributed by atoms with Crippen molar-refractivity contribution in [3.63, 3.8) is 0 Å². The first-order chi connectivity index (χ1) is 9.46. The van der Waals surface area contributed by atoms with Gasteiger partial charge in [-0.05, 0) is 37.2 Å². The zero-order chi connectivity index (χ0) is 14.8. The fourth-order valence-corrected chi connectivity index (χ4v) is 5.38. The molecule has 0 radical (unpaired) electrons. The van der Waals surface area contributed by atoms with E-state index in [2.05, 4.69) is 17.7 Å². The summed E-state index contributed by atoms with van der Waals surface area (Å²) in [5, 5.41) is 9.84. The number of unbranched alkanes of at least 4 members (excludes halogenated alkanes) is 1. The minimum atomic E-state index is -3.33. The molecule has 20 heavy (non-hydrogen) atoms. The SMILES string of the molecule is CCCCS(=O)(=O)Nc1sc2c(c1C#N)CCC(C)C2. The molecule has 0 saturated heterocycles. The van der Waals surface area contributed by atoms with E-state index in [1.54, 1.807) is 0 Å². The van der Waals surface area contributed by atoms with Crippen LogP contribution in [0.3, 0.4) is 0 Å². The predicted octanol–water partition coefficient (Wildman–Crippen LogP) is 3.29. The van der Waals surface area contributed by atoms with Gasteiger partial charge in [0, 0.05) is 4.88 Å². The van der Waals surface area contributed by atoms with Gasteiger partial charge in [-0.25, -0.2) is 8.42 Å². The second kappa shape index (κ2) is 6.15. The van der Waals surface area contributed by atoms with E-state index in [1.807, 2.05) is 6.92 Å². The molecule has 0 spiro atoms. The third-order valence-corrected chi connectivity index (χ3v) is 6.28. The summed E-state index contributed by atoms with van der Waals surface area (Å²) in [6.07, 6.45) is 4.38. The monoisotopic (exact) mass is 312 g/mol. The molecule has 0 saturated carbocycles. The molecule has 0 aliphatic heterocycles. The van der Waals surface area contributed by atoms with Crippen molar-refractivity contribution in [1.29, 1.82) is 5.26 Å². The van der Waals surface area contributed by atoms with Crippen LogP contribution in [0.5, 0.6) is 0 Å². The van der Waals surface area contributed by atoms with Crippen molar-refractivity contribution in [2.75, 3.05) is 10.5 Å². The van der Waals surface area contributed by atoms with Gasteiger partial charge >= 0.3 is 0 Å². The Labute approximate surface area is 124 Å². The van der Waals surface area contributed by atoms with Crippen LogP contribution in [-0.2, 0) is 22.9 Å². The molecule has 1 aromatic heterocycles. The van der Waals surface area contributed by atoms with Crippen molar-refractivity contribution < 1.29 is 8.42 Å². The largest absolute Gasteiger partial charge is 0.273 e. The second-order valence-electron chi connectivity index (χ2n) is 5.44. The molecule has 0 aromatic carbocycles. The van der Waals surface area contributed by atoms with Crippen molar-refractivity contribution in [2.45, 2.75) is 46.0 Å². The number of nitrogens with zero attached hydrogens (tertiary/aromatic N) is 1. The molecule has 1 aliphatic carbocycles. The minimum absolute atomic E-state index is 0.118. The van der Waals surface area contributed by atoms with Gasteiger partial charge < -0.3 is 0 Å². The van der Waals surface area contributed by atoms with Gasteiger partial charge in [-0.1, -0.05) is 20.3 Å².